The molecule has 1 unspecified atom stereocenters. The minimum atomic E-state index is -2.91. The molecule has 2 aromatic rings. The van der Waals surface area contributed by atoms with E-state index in [-0.39, 0.29) is 11.8 Å². The van der Waals surface area contributed by atoms with Crippen molar-refractivity contribution in [3.8, 4) is 0 Å². The van der Waals surface area contributed by atoms with Crippen molar-refractivity contribution in [3.63, 3.8) is 0 Å². The third-order valence-electron chi connectivity index (χ3n) is 5.56. The summed E-state index contributed by atoms with van der Waals surface area (Å²) in [6.07, 6.45) is 3.52. The highest BCUT2D eigenvalue weighted by Crippen LogP contribution is 2.35. The molecular formula is C17H22ClN3O2S. The van der Waals surface area contributed by atoms with E-state index in [0.29, 0.717) is 29.8 Å². The van der Waals surface area contributed by atoms with Crippen LogP contribution in [0.2, 0.25) is 5.02 Å². The molecule has 1 aromatic heterocycles. The summed E-state index contributed by atoms with van der Waals surface area (Å²) in [6, 6.07) is 5.88. The van der Waals surface area contributed by atoms with Gasteiger partial charge >= 0.3 is 0 Å². The van der Waals surface area contributed by atoms with Gasteiger partial charge in [-0.15, -0.1) is 0 Å². The van der Waals surface area contributed by atoms with Crippen LogP contribution in [0, 0.1) is 5.92 Å². The number of rotatable bonds is 3. The molecule has 1 saturated heterocycles. The van der Waals surface area contributed by atoms with Crippen LogP contribution in [0.4, 0.5) is 0 Å². The summed E-state index contributed by atoms with van der Waals surface area (Å²) in [5.41, 5.74) is 1.95. The Morgan fingerprint density at radius 2 is 2.12 bits per heavy atom. The molecule has 0 spiro atoms. The number of sulfone groups is 1. The van der Waals surface area contributed by atoms with Crippen LogP contribution < -0.4 is 0 Å². The molecule has 0 amide bonds. The number of aromatic nitrogens is 2. The Morgan fingerprint density at radius 1 is 1.33 bits per heavy atom. The van der Waals surface area contributed by atoms with Crippen LogP contribution in [0.1, 0.15) is 25.1 Å². The van der Waals surface area contributed by atoms with E-state index in [1.165, 1.54) is 6.42 Å². The second-order valence-electron chi connectivity index (χ2n) is 7.06. The third-order valence-corrected chi connectivity index (χ3v) is 7.45. The lowest BCUT2D eigenvalue weighted by Gasteiger charge is -2.43. The molecule has 1 aliphatic carbocycles. The molecule has 0 radical (unpaired) electrons. The zero-order valence-electron chi connectivity index (χ0n) is 13.8. The Balaban J connectivity index is 1.62. The van der Waals surface area contributed by atoms with Gasteiger partial charge in [0, 0.05) is 24.7 Å². The second-order valence-corrected chi connectivity index (χ2v) is 9.73. The van der Waals surface area contributed by atoms with Gasteiger partial charge < -0.3 is 4.57 Å². The van der Waals surface area contributed by atoms with E-state index in [2.05, 4.69) is 9.47 Å². The Morgan fingerprint density at radius 3 is 2.83 bits per heavy atom. The first-order valence-corrected chi connectivity index (χ1v) is 10.7. The summed E-state index contributed by atoms with van der Waals surface area (Å²) in [6.45, 7) is 1.30. The van der Waals surface area contributed by atoms with Crippen LogP contribution in [-0.4, -0.2) is 47.0 Å². The van der Waals surface area contributed by atoms with Gasteiger partial charge in [-0.1, -0.05) is 18.0 Å². The van der Waals surface area contributed by atoms with Gasteiger partial charge in [0.15, 0.2) is 9.84 Å². The highest BCUT2D eigenvalue weighted by molar-refractivity contribution is 7.91. The number of nitrogens with zero attached hydrogens (tertiary/aromatic N) is 3. The SMILES string of the molecule is Cn1c(CN2CCS(=O)(=O)CC2C2CCC2)nc2cc(Cl)ccc21. The predicted molar refractivity (Wildman–Crippen MR) is 95.9 cm³/mol. The third kappa shape index (κ3) is 2.95. The van der Waals surface area contributed by atoms with E-state index in [4.69, 9.17) is 16.6 Å². The van der Waals surface area contributed by atoms with E-state index in [0.717, 1.165) is 29.7 Å². The summed E-state index contributed by atoms with van der Waals surface area (Å²) in [4.78, 5) is 7.06. The smallest absolute Gasteiger partial charge is 0.153 e. The molecule has 5 nitrogen and oxygen atoms in total. The second kappa shape index (κ2) is 6.00. The molecule has 2 fully saturated rings. The van der Waals surface area contributed by atoms with Crippen molar-refractivity contribution < 1.29 is 8.42 Å². The largest absolute Gasteiger partial charge is 0.330 e. The summed E-state index contributed by atoms with van der Waals surface area (Å²) < 4.78 is 26.3. The van der Waals surface area contributed by atoms with Crippen molar-refractivity contribution >= 4 is 32.5 Å². The normalized spacial score (nSPS) is 25.0. The Kier molecular flexibility index (Phi) is 4.09. The van der Waals surface area contributed by atoms with Crippen molar-refractivity contribution in [3.05, 3.63) is 29.0 Å². The van der Waals surface area contributed by atoms with Crippen LogP contribution in [0.3, 0.4) is 0 Å². The number of imidazole rings is 1. The fourth-order valence-electron chi connectivity index (χ4n) is 3.87. The van der Waals surface area contributed by atoms with Gasteiger partial charge in [-0.2, -0.15) is 0 Å². The maximum Gasteiger partial charge on any atom is 0.153 e. The molecule has 1 aliphatic heterocycles. The number of hydrogen-bond donors (Lipinski definition) is 0. The molecule has 2 heterocycles. The summed E-state index contributed by atoms with van der Waals surface area (Å²) >= 11 is 6.07. The van der Waals surface area contributed by atoms with Crippen LogP contribution in [-0.2, 0) is 23.4 Å². The number of hydrogen-bond acceptors (Lipinski definition) is 4. The van der Waals surface area contributed by atoms with Gasteiger partial charge in [-0.05, 0) is 37.0 Å². The van der Waals surface area contributed by atoms with Crippen molar-refractivity contribution in [2.45, 2.75) is 31.8 Å². The molecule has 2 aliphatic rings. The lowest BCUT2D eigenvalue weighted by Crippen LogP contribution is -2.53. The number of aryl methyl sites for hydroxylation is 1. The highest BCUT2D eigenvalue weighted by atomic mass is 35.5. The maximum atomic E-state index is 12.1. The lowest BCUT2D eigenvalue weighted by molar-refractivity contribution is 0.100. The summed E-state index contributed by atoms with van der Waals surface area (Å²) in [5, 5.41) is 0.684. The summed E-state index contributed by atoms with van der Waals surface area (Å²) in [7, 11) is -0.894. The first-order valence-electron chi connectivity index (χ1n) is 8.48. The number of halogens is 1. The van der Waals surface area contributed by atoms with E-state index >= 15 is 0 Å². The number of benzene rings is 1. The van der Waals surface area contributed by atoms with Gasteiger partial charge in [-0.25, -0.2) is 13.4 Å². The zero-order valence-corrected chi connectivity index (χ0v) is 15.4. The van der Waals surface area contributed by atoms with E-state index in [9.17, 15) is 8.42 Å². The van der Waals surface area contributed by atoms with Crippen molar-refractivity contribution in [1.82, 2.24) is 14.5 Å². The van der Waals surface area contributed by atoms with Gasteiger partial charge in [-0.3, -0.25) is 4.90 Å². The van der Waals surface area contributed by atoms with Crippen LogP contribution in [0.25, 0.3) is 11.0 Å². The standard InChI is InChI=1S/C17H22ClN3O2S/c1-20-15-6-5-13(18)9-14(15)19-17(20)10-21-7-8-24(22,23)11-16(21)12-3-2-4-12/h5-6,9,12,16H,2-4,7-8,10-11H2,1H3. The molecule has 24 heavy (non-hydrogen) atoms. The molecular weight excluding hydrogens is 346 g/mol. The monoisotopic (exact) mass is 367 g/mol. The van der Waals surface area contributed by atoms with Crippen molar-refractivity contribution in [1.29, 1.82) is 0 Å². The number of fused-ring (bicyclic) bond motifs is 1. The molecule has 7 heteroatoms. The maximum absolute atomic E-state index is 12.1. The average Bonchev–Trinajstić information content (AvgIpc) is 2.75. The van der Waals surface area contributed by atoms with Gasteiger partial charge in [0.1, 0.15) is 5.82 Å². The zero-order chi connectivity index (χ0) is 16.9. The van der Waals surface area contributed by atoms with E-state index < -0.39 is 9.84 Å². The van der Waals surface area contributed by atoms with Crippen LogP contribution in [0.5, 0.6) is 0 Å². The van der Waals surface area contributed by atoms with E-state index in [1.807, 2.05) is 25.2 Å². The fourth-order valence-corrected chi connectivity index (χ4v) is 5.72. The Bertz CT molecular complexity index is 873. The first kappa shape index (κ1) is 16.4. The topological polar surface area (TPSA) is 55.2 Å². The first-order chi connectivity index (χ1) is 11.4. The Labute approximate surface area is 147 Å². The van der Waals surface area contributed by atoms with Crippen molar-refractivity contribution in [2.75, 3.05) is 18.1 Å². The van der Waals surface area contributed by atoms with Gasteiger partial charge in [0.25, 0.3) is 0 Å². The minimum Gasteiger partial charge on any atom is -0.330 e. The average molecular weight is 368 g/mol. The molecule has 0 bridgehead atoms. The van der Waals surface area contributed by atoms with Gasteiger partial charge in [0.2, 0.25) is 0 Å². The fraction of sp³-hybridized carbons (Fsp3) is 0.588. The summed E-state index contributed by atoms with van der Waals surface area (Å²) in [5.74, 6) is 2.04. The highest BCUT2D eigenvalue weighted by Gasteiger charge is 2.39. The molecule has 1 atom stereocenters. The quantitative estimate of drug-likeness (QED) is 0.836. The van der Waals surface area contributed by atoms with Crippen molar-refractivity contribution in [2.24, 2.45) is 13.0 Å². The van der Waals surface area contributed by atoms with E-state index in [1.54, 1.807) is 0 Å². The molecule has 4 rings (SSSR count). The molecule has 0 N–H and O–H groups in total. The van der Waals surface area contributed by atoms with Crippen LogP contribution in [0.15, 0.2) is 18.2 Å². The Hall–Kier alpha value is -1.11. The molecule has 130 valence electrons. The molecule has 1 saturated carbocycles. The van der Waals surface area contributed by atoms with Gasteiger partial charge in [0.05, 0.1) is 29.1 Å². The predicted octanol–water partition coefficient (Wildman–Crippen LogP) is 2.63. The van der Waals surface area contributed by atoms with Crippen LogP contribution >= 0.6 is 11.6 Å². The molecule has 1 aromatic carbocycles. The minimum absolute atomic E-state index is 0.140. The lowest BCUT2D eigenvalue weighted by atomic mass is 9.79.